The van der Waals surface area contributed by atoms with Crippen molar-refractivity contribution >= 4 is 11.8 Å². The summed E-state index contributed by atoms with van der Waals surface area (Å²) in [5.41, 5.74) is 0.245. The number of oxazole rings is 1. The summed E-state index contributed by atoms with van der Waals surface area (Å²) in [6.07, 6.45) is 5.22. The Morgan fingerprint density at radius 1 is 1.27 bits per heavy atom. The van der Waals surface area contributed by atoms with Crippen LogP contribution in [0.1, 0.15) is 56.7 Å². The van der Waals surface area contributed by atoms with Gasteiger partial charge in [-0.15, -0.1) is 0 Å². The van der Waals surface area contributed by atoms with E-state index in [2.05, 4.69) is 4.98 Å². The summed E-state index contributed by atoms with van der Waals surface area (Å²) in [5.74, 6) is 1.05. The highest BCUT2D eigenvalue weighted by Gasteiger charge is 2.46. The van der Waals surface area contributed by atoms with E-state index in [1.54, 1.807) is 24.1 Å². The molecule has 1 aromatic heterocycles. The molecule has 1 atom stereocenters. The minimum Gasteiger partial charge on any atom is -0.443 e. The van der Waals surface area contributed by atoms with Gasteiger partial charge >= 0.3 is 0 Å². The lowest BCUT2D eigenvalue weighted by atomic mass is 9.92. The van der Waals surface area contributed by atoms with Gasteiger partial charge in [0, 0.05) is 38.9 Å². The van der Waals surface area contributed by atoms with E-state index in [1.807, 2.05) is 17.9 Å². The van der Waals surface area contributed by atoms with Gasteiger partial charge in [0.2, 0.25) is 17.7 Å². The maximum absolute atomic E-state index is 13.5. The van der Waals surface area contributed by atoms with E-state index in [4.69, 9.17) is 4.42 Å². The number of nitrogens with zero attached hydrogens (tertiary/aromatic N) is 3. The zero-order chi connectivity index (χ0) is 21.3. The van der Waals surface area contributed by atoms with Crippen LogP contribution in [0.4, 0.5) is 4.39 Å². The van der Waals surface area contributed by atoms with E-state index in [0.29, 0.717) is 50.5 Å². The van der Waals surface area contributed by atoms with Crippen LogP contribution in [-0.2, 0) is 21.5 Å². The molecule has 0 spiro atoms. The van der Waals surface area contributed by atoms with E-state index in [9.17, 15) is 14.0 Å². The molecule has 0 bridgehead atoms. The summed E-state index contributed by atoms with van der Waals surface area (Å²) < 4.78 is 19.5. The Hall–Kier alpha value is -2.70. The number of carbonyl (C=O) groups is 2. The van der Waals surface area contributed by atoms with Crippen LogP contribution in [0.2, 0.25) is 0 Å². The molecule has 2 aliphatic rings. The van der Waals surface area contributed by atoms with Crippen molar-refractivity contribution in [1.29, 1.82) is 0 Å². The first kappa shape index (κ1) is 20.6. The highest BCUT2D eigenvalue weighted by Crippen LogP contribution is 2.40. The molecule has 0 unspecified atom stereocenters. The second-order valence-electron chi connectivity index (χ2n) is 8.59. The van der Waals surface area contributed by atoms with E-state index in [-0.39, 0.29) is 23.5 Å². The monoisotopic (exact) mass is 413 g/mol. The second kappa shape index (κ2) is 8.20. The van der Waals surface area contributed by atoms with Crippen LogP contribution in [0.5, 0.6) is 0 Å². The molecule has 0 radical (unpaired) electrons. The first-order valence-electron chi connectivity index (χ1n) is 10.6. The molecule has 6 nitrogen and oxygen atoms in total. The zero-order valence-electron chi connectivity index (χ0n) is 17.6. The van der Waals surface area contributed by atoms with Crippen LogP contribution in [0, 0.1) is 11.7 Å². The first-order chi connectivity index (χ1) is 14.4. The molecule has 2 aliphatic heterocycles. The number of amides is 2. The van der Waals surface area contributed by atoms with Crippen LogP contribution >= 0.6 is 0 Å². The molecule has 0 N–H and O–H groups in total. The van der Waals surface area contributed by atoms with Crippen molar-refractivity contribution in [3.63, 3.8) is 0 Å². The van der Waals surface area contributed by atoms with Crippen LogP contribution in [0.3, 0.4) is 0 Å². The Bertz CT molecular complexity index is 935. The topological polar surface area (TPSA) is 66.7 Å². The van der Waals surface area contributed by atoms with Gasteiger partial charge in [-0.25, -0.2) is 9.37 Å². The highest BCUT2D eigenvalue weighted by molar-refractivity contribution is 5.81. The van der Waals surface area contributed by atoms with Gasteiger partial charge in [0.15, 0.2) is 0 Å². The molecule has 160 valence electrons. The van der Waals surface area contributed by atoms with Crippen molar-refractivity contribution in [3.8, 4) is 0 Å². The Morgan fingerprint density at radius 3 is 2.73 bits per heavy atom. The zero-order valence-corrected chi connectivity index (χ0v) is 17.6. The number of rotatable bonds is 4. The third kappa shape index (κ3) is 3.98. The summed E-state index contributed by atoms with van der Waals surface area (Å²) >= 11 is 0. The third-order valence-electron chi connectivity index (χ3n) is 6.48. The molecule has 2 amide bonds. The molecule has 1 aromatic carbocycles. The lowest BCUT2D eigenvalue weighted by Gasteiger charge is -2.38. The molecule has 2 saturated heterocycles. The van der Waals surface area contributed by atoms with E-state index < -0.39 is 5.54 Å². The molecule has 3 heterocycles. The van der Waals surface area contributed by atoms with E-state index in [0.717, 1.165) is 18.4 Å². The fraction of sp³-hybridized carbons (Fsp3) is 0.522. The molecule has 30 heavy (non-hydrogen) atoms. The highest BCUT2D eigenvalue weighted by atomic mass is 19.1. The van der Waals surface area contributed by atoms with Crippen LogP contribution in [-0.4, -0.2) is 46.2 Å². The van der Waals surface area contributed by atoms with Crippen LogP contribution in [0.25, 0.3) is 0 Å². The first-order valence-corrected chi connectivity index (χ1v) is 10.6. The maximum atomic E-state index is 13.5. The summed E-state index contributed by atoms with van der Waals surface area (Å²) in [4.78, 5) is 33.1. The van der Waals surface area contributed by atoms with Gasteiger partial charge < -0.3 is 14.2 Å². The molecule has 0 aliphatic carbocycles. The minimum absolute atomic E-state index is 0.0672. The van der Waals surface area contributed by atoms with Crippen molar-refractivity contribution in [3.05, 3.63) is 53.5 Å². The van der Waals surface area contributed by atoms with Gasteiger partial charge in [-0.1, -0.05) is 12.1 Å². The van der Waals surface area contributed by atoms with Crippen LogP contribution < -0.4 is 0 Å². The van der Waals surface area contributed by atoms with Crippen molar-refractivity contribution in [2.24, 2.45) is 5.92 Å². The molecule has 7 heteroatoms. The van der Waals surface area contributed by atoms with Gasteiger partial charge in [-0.05, 0) is 50.3 Å². The average Bonchev–Trinajstić information content (AvgIpc) is 3.35. The maximum Gasteiger partial charge on any atom is 0.226 e. The van der Waals surface area contributed by atoms with Gasteiger partial charge in [0.25, 0.3) is 0 Å². The molecular formula is C23H28FN3O3. The Morgan fingerprint density at radius 2 is 2.03 bits per heavy atom. The van der Waals surface area contributed by atoms with Crippen molar-refractivity contribution in [2.75, 3.05) is 19.6 Å². The SMILES string of the molecule is CC(=O)N1CCC(C(=O)N2CCC[C@]2(C)c2ncc(Cc3cccc(F)c3)o2)CC1. The smallest absolute Gasteiger partial charge is 0.226 e. The van der Waals surface area contributed by atoms with E-state index >= 15 is 0 Å². The predicted octanol–water partition coefficient (Wildman–Crippen LogP) is 3.50. The molecule has 4 rings (SSSR count). The van der Waals surface area contributed by atoms with E-state index in [1.165, 1.54) is 12.1 Å². The number of carbonyl (C=O) groups excluding carboxylic acids is 2. The third-order valence-corrected chi connectivity index (χ3v) is 6.48. The molecular weight excluding hydrogens is 385 g/mol. The van der Waals surface area contributed by atoms with Crippen LogP contribution in [0.15, 0.2) is 34.9 Å². The molecule has 2 aromatic rings. The number of piperidine rings is 1. The summed E-state index contributed by atoms with van der Waals surface area (Å²) in [5, 5.41) is 0. The Labute approximate surface area is 176 Å². The summed E-state index contributed by atoms with van der Waals surface area (Å²) in [6.45, 7) is 5.54. The number of hydrogen-bond donors (Lipinski definition) is 0. The summed E-state index contributed by atoms with van der Waals surface area (Å²) in [7, 11) is 0. The lowest BCUT2D eigenvalue weighted by Crippen LogP contribution is -2.48. The largest absolute Gasteiger partial charge is 0.443 e. The van der Waals surface area contributed by atoms with Gasteiger partial charge in [0.1, 0.15) is 17.1 Å². The lowest BCUT2D eigenvalue weighted by molar-refractivity contribution is -0.144. The van der Waals surface area contributed by atoms with Crippen molar-refractivity contribution in [2.45, 2.75) is 51.5 Å². The van der Waals surface area contributed by atoms with Gasteiger partial charge in [-0.2, -0.15) is 0 Å². The standard InChI is InChI=1S/C23H28FN3O3/c1-16(28)26-11-7-18(8-12-26)21(29)27-10-4-9-23(27,2)22-25-15-20(30-22)14-17-5-3-6-19(24)13-17/h3,5-6,13,15,18H,4,7-12,14H2,1-2H3/t23-/m1/s1. The summed E-state index contributed by atoms with van der Waals surface area (Å²) in [6, 6.07) is 6.44. The van der Waals surface area contributed by atoms with Gasteiger partial charge in [0.05, 0.1) is 6.20 Å². The fourth-order valence-electron chi connectivity index (χ4n) is 4.69. The number of hydrogen-bond acceptors (Lipinski definition) is 4. The quantitative estimate of drug-likeness (QED) is 0.770. The Balaban J connectivity index is 1.47. The molecule has 0 saturated carbocycles. The normalized spacial score (nSPS) is 22.5. The van der Waals surface area contributed by atoms with Crippen molar-refractivity contribution < 1.29 is 18.4 Å². The minimum atomic E-state index is -0.574. The average molecular weight is 413 g/mol. The second-order valence-corrected chi connectivity index (χ2v) is 8.59. The predicted molar refractivity (Wildman–Crippen MR) is 109 cm³/mol. The Kier molecular flexibility index (Phi) is 5.62. The van der Waals surface area contributed by atoms with Gasteiger partial charge in [-0.3, -0.25) is 9.59 Å². The number of aromatic nitrogens is 1. The van der Waals surface area contributed by atoms with Crippen molar-refractivity contribution in [1.82, 2.24) is 14.8 Å². The number of halogens is 1. The number of benzene rings is 1. The molecule has 2 fully saturated rings. The fourth-order valence-corrected chi connectivity index (χ4v) is 4.69. The number of likely N-dealkylation sites (tertiary alicyclic amines) is 2.